The summed E-state index contributed by atoms with van der Waals surface area (Å²) in [5.74, 6) is -0.0554. The number of hydrogen-bond donors (Lipinski definition) is 2. The van der Waals surface area contributed by atoms with E-state index in [0.29, 0.717) is 0 Å². The minimum absolute atomic E-state index is 0.0554. The Morgan fingerprint density at radius 1 is 0.720 bits per heavy atom. The lowest BCUT2D eigenvalue weighted by Gasteiger charge is -2.28. The zero-order chi connectivity index (χ0) is 33.9. The number of hydrogen-bond acceptors (Lipinski definition) is 4. The Morgan fingerprint density at radius 2 is 1.44 bits per heavy atom. The first kappa shape index (κ1) is 31.3. The van der Waals surface area contributed by atoms with Gasteiger partial charge in [-0.3, -0.25) is 0 Å². The molecule has 0 saturated heterocycles. The second-order valence-electron chi connectivity index (χ2n) is 12.4. The van der Waals surface area contributed by atoms with Crippen molar-refractivity contribution in [1.82, 2.24) is 10.9 Å². The molecule has 0 fully saturated rings. The van der Waals surface area contributed by atoms with Crippen molar-refractivity contribution in [2.45, 2.75) is 5.92 Å². The molecule has 1 unspecified atom stereocenters. The normalized spacial score (nSPS) is 15.5. The van der Waals surface area contributed by atoms with Gasteiger partial charge in [-0.15, -0.1) is 11.3 Å². The first-order chi connectivity index (χ1) is 24.7. The van der Waals surface area contributed by atoms with Crippen molar-refractivity contribution in [3.63, 3.8) is 0 Å². The molecule has 0 saturated carbocycles. The maximum absolute atomic E-state index is 4.46. The highest BCUT2D eigenvalue weighted by Crippen LogP contribution is 2.43. The van der Waals surface area contributed by atoms with Crippen LogP contribution in [0.1, 0.15) is 33.7 Å². The number of nitrogens with zero attached hydrogens (tertiary/aromatic N) is 1. The summed E-state index contributed by atoms with van der Waals surface area (Å²) in [5, 5.41) is 2.59. The molecule has 2 N–H and O–H groups in total. The van der Waals surface area contributed by atoms with Gasteiger partial charge in [0.25, 0.3) is 0 Å². The van der Waals surface area contributed by atoms with Gasteiger partial charge in [0.1, 0.15) is 0 Å². The molecule has 1 aliphatic rings. The molecule has 2 heterocycles. The molecule has 0 radical (unpaired) electrons. The molecular weight excluding hydrogens is 627 g/mol. The zero-order valence-electron chi connectivity index (χ0n) is 27.9. The molecule has 50 heavy (non-hydrogen) atoms. The van der Waals surface area contributed by atoms with Gasteiger partial charge in [0.05, 0.1) is 11.4 Å². The molecule has 4 heteroatoms. The molecule has 0 aliphatic carbocycles. The van der Waals surface area contributed by atoms with E-state index in [4.69, 9.17) is 0 Å². The maximum Gasteiger partial charge on any atom is 0.0533 e. The maximum atomic E-state index is 4.46. The molecule has 0 bridgehead atoms. The van der Waals surface area contributed by atoms with Crippen molar-refractivity contribution in [1.29, 1.82) is 0 Å². The van der Waals surface area contributed by atoms with Gasteiger partial charge in [0.15, 0.2) is 0 Å². The van der Waals surface area contributed by atoms with E-state index < -0.39 is 0 Å². The number of thiophene rings is 1. The van der Waals surface area contributed by atoms with Crippen LogP contribution < -0.4 is 15.8 Å². The van der Waals surface area contributed by atoms with E-state index in [2.05, 4.69) is 198 Å². The minimum Gasteiger partial charge on any atom is -0.321 e. The first-order valence-electron chi connectivity index (χ1n) is 16.9. The number of allylic oxidation sites excluding steroid dienone is 5. The highest BCUT2D eigenvalue weighted by Gasteiger charge is 2.22. The summed E-state index contributed by atoms with van der Waals surface area (Å²) in [7, 11) is 1.91. The van der Waals surface area contributed by atoms with Gasteiger partial charge in [-0.2, -0.15) is 0 Å². The third-order valence-electron chi connectivity index (χ3n) is 9.30. The van der Waals surface area contributed by atoms with Gasteiger partial charge in [-0.05, 0) is 63.7 Å². The van der Waals surface area contributed by atoms with E-state index in [0.717, 1.165) is 44.9 Å². The van der Waals surface area contributed by atoms with Crippen LogP contribution in [0.4, 0.5) is 11.4 Å². The van der Waals surface area contributed by atoms with Crippen LogP contribution in [0.15, 0.2) is 183 Å². The smallest absolute Gasteiger partial charge is 0.0533 e. The van der Waals surface area contributed by atoms with E-state index in [-0.39, 0.29) is 5.92 Å². The van der Waals surface area contributed by atoms with Crippen LogP contribution in [0.5, 0.6) is 0 Å². The molecule has 3 nitrogen and oxygen atoms in total. The van der Waals surface area contributed by atoms with Crippen LogP contribution in [0.3, 0.4) is 0 Å². The SMILES string of the molecule is C=C1/C=C\C(c2ccccc2)=C/N(c2cccc(C(/C=C(\NNC)c3ccccc3)c3cccc4c3sc3ccccc34)c2)c2ccccc21. The van der Waals surface area contributed by atoms with Gasteiger partial charge in [0.2, 0.25) is 0 Å². The number of para-hydroxylation sites is 1. The lowest BCUT2D eigenvalue weighted by atomic mass is 9.88. The van der Waals surface area contributed by atoms with Gasteiger partial charge < -0.3 is 10.3 Å². The van der Waals surface area contributed by atoms with Crippen molar-refractivity contribution < 1.29 is 0 Å². The molecule has 0 spiro atoms. The molecule has 6 aromatic carbocycles. The molecule has 0 amide bonds. The van der Waals surface area contributed by atoms with E-state index >= 15 is 0 Å². The monoisotopic (exact) mass is 663 g/mol. The van der Waals surface area contributed by atoms with Crippen molar-refractivity contribution in [3.8, 4) is 0 Å². The second-order valence-corrected chi connectivity index (χ2v) is 13.5. The molecule has 1 aliphatic heterocycles. The van der Waals surface area contributed by atoms with Crippen molar-refractivity contribution in [2.75, 3.05) is 11.9 Å². The summed E-state index contributed by atoms with van der Waals surface area (Å²) in [5.41, 5.74) is 17.8. The quantitative estimate of drug-likeness (QED) is 0.158. The average Bonchev–Trinajstić information content (AvgIpc) is 3.56. The summed E-state index contributed by atoms with van der Waals surface area (Å²) in [6.45, 7) is 4.46. The predicted molar refractivity (Wildman–Crippen MR) is 215 cm³/mol. The molecule has 8 rings (SSSR count). The summed E-state index contributed by atoms with van der Waals surface area (Å²) < 4.78 is 2.61. The fourth-order valence-corrected chi connectivity index (χ4v) is 8.13. The summed E-state index contributed by atoms with van der Waals surface area (Å²) in [6.07, 6.45) is 8.92. The summed E-state index contributed by atoms with van der Waals surface area (Å²) in [4.78, 5) is 2.32. The lowest BCUT2D eigenvalue weighted by molar-refractivity contribution is 0.744. The number of rotatable bonds is 8. The number of nitrogens with one attached hydrogen (secondary N) is 2. The van der Waals surface area contributed by atoms with Crippen LogP contribution >= 0.6 is 11.3 Å². The first-order valence-corrected chi connectivity index (χ1v) is 17.7. The van der Waals surface area contributed by atoms with Gasteiger partial charge in [-0.1, -0.05) is 146 Å². The number of fused-ring (bicyclic) bond motifs is 4. The fraction of sp³-hybridized carbons (Fsp3) is 0.0435. The summed E-state index contributed by atoms with van der Waals surface area (Å²) >= 11 is 1.87. The highest BCUT2D eigenvalue weighted by molar-refractivity contribution is 7.26. The Balaban J connectivity index is 1.35. The Morgan fingerprint density at radius 3 is 2.28 bits per heavy atom. The van der Waals surface area contributed by atoms with Crippen LogP contribution in [0.25, 0.3) is 37.0 Å². The predicted octanol–water partition coefficient (Wildman–Crippen LogP) is 11.7. The molecule has 242 valence electrons. The summed E-state index contributed by atoms with van der Waals surface area (Å²) in [6, 6.07) is 54.1. The van der Waals surface area contributed by atoms with Crippen LogP contribution in [-0.4, -0.2) is 7.05 Å². The van der Waals surface area contributed by atoms with Gasteiger partial charge in [0, 0.05) is 50.6 Å². The minimum atomic E-state index is -0.0554. The third kappa shape index (κ3) is 6.07. The van der Waals surface area contributed by atoms with Gasteiger partial charge in [-0.25, -0.2) is 5.43 Å². The second kappa shape index (κ2) is 13.9. The topological polar surface area (TPSA) is 27.3 Å². The van der Waals surface area contributed by atoms with E-state index in [1.54, 1.807) is 0 Å². The van der Waals surface area contributed by atoms with Crippen molar-refractivity contribution >= 4 is 59.7 Å². The Bertz CT molecular complexity index is 2420. The van der Waals surface area contributed by atoms with Crippen molar-refractivity contribution in [2.24, 2.45) is 0 Å². The van der Waals surface area contributed by atoms with E-state index in [1.165, 1.54) is 31.3 Å². The van der Waals surface area contributed by atoms with Crippen molar-refractivity contribution in [3.05, 3.63) is 210 Å². The third-order valence-corrected chi connectivity index (χ3v) is 10.5. The molecule has 1 aromatic heterocycles. The van der Waals surface area contributed by atoms with Gasteiger partial charge >= 0.3 is 0 Å². The zero-order valence-corrected chi connectivity index (χ0v) is 28.7. The molecule has 1 atom stereocenters. The number of anilines is 2. The highest BCUT2D eigenvalue weighted by atomic mass is 32.1. The number of hydrazine groups is 1. The standard InChI is InChI=1S/C46H37N3S/c1-32-27-28-36(33-15-5-3-6-16-33)31-49(44-25-11-9-21-38(32)44)37-20-13-19-35(29-37)42(30-43(48-47-2)34-17-7-4-8-18-34)41-24-14-23-40-39-22-10-12-26-45(39)50-46(40)41/h3-31,42,47-48H,1H2,2H3/b28-27-,36-31+,43-30-. The Hall–Kier alpha value is -5.94. The lowest BCUT2D eigenvalue weighted by Crippen LogP contribution is -2.26. The van der Waals surface area contributed by atoms with Crippen LogP contribution in [-0.2, 0) is 0 Å². The molecule has 7 aromatic rings. The fourth-order valence-electron chi connectivity index (χ4n) is 6.88. The number of benzene rings is 6. The van der Waals surface area contributed by atoms with E-state index in [9.17, 15) is 0 Å². The Labute approximate surface area is 297 Å². The Kier molecular flexibility index (Phi) is 8.70. The average molecular weight is 664 g/mol. The van der Waals surface area contributed by atoms with Crippen LogP contribution in [0.2, 0.25) is 0 Å². The largest absolute Gasteiger partial charge is 0.321 e. The molecular formula is C46H37N3S. The van der Waals surface area contributed by atoms with Crippen LogP contribution in [0, 0.1) is 0 Å². The van der Waals surface area contributed by atoms with E-state index in [1.807, 2.05) is 18.4 Å².